The second-order valence-corrected chi connectivity index (χ2v) is 8.61. The molecule has 0 saturated heterocycles. The van der Waals surface area contributed by atoms with Crippen molar-refractivity contribution in [3.05, 3.63) is 69.0 Å². The fraction of sp³-hybridized carbons (Fsp3) is 0.240. The van der Waals surface area contributed by atoms with Crippen LogP contribution in [0.15, 0.2) is 41.2 Å². The fourth-order valence-electron chi connectivity index (χ4n) is 5.15. The Kier molecular flexibility index (Phi) is 3.67. The summed E-state index contributed by atoms with van der Waals surface area (Å²) in [7, 11) is 0. The highest BCUT2D eigenvalue weighted by Gasteiger charge is 2.45. The molecule has 2 aliphatic heterocycles. The molecule has 0 spiro atoms. The summed E-state index contributed by atoms with van der Waals surface area (Å²) in [5.74, 6) is -0.721. The number of carbonyl (C=O) groups is 1. The molecule has 0 bridgehead atoms. The summed E-state index contributed by atoms with van der Waals surface area (Å²) in [5.41, 5.74) is 9.43. The zero-order chi connectivity index (χ0) is 22.4. The number of aryl methyl sites for hydroxylation is 1. The largest absolute Gasteiger partial charge is 0.458 e. The van der Waals surface area contributed by atoms with Gasteiger partial charge in [-0.2, -0.15) is 0 Å². The summed E-state index contributed by atoms with van der Waals surface area (Å²) in [6, 6.07) is 11.5. The van der Waals surface area contributed by atoms with E-state index in [1.54, 1.807) is 17.6 Å². The number of hydrogen-bond donors (Lipinski definition) is 2. The van der Waals surface area contributed by atoms with E-state index in [9.17, 15) is 14.7 Å². The molecule has 0 unspecified atom stereocenters. The van der Waals surface area contributed by atoms with Gasteiger partial charge in [-0.25, -0.2) is 9.78 Å². The molecule has 0 radical (unpaired) electrons. The van der Waals surface area contributed by atoms with Crippen molar-refractivity contribution in [3.8, 4) is 11.4 Å². The SMILES string of the molecule is CC[C@@]1(O)C(=O)OCc2c1cc1n(c2=O)Cc2c-1nc1ccc3ccc(N)cc3c1c2C. The Morgan fingerprint density at radius 1 is 1.19 bits per heavy atom. The predicted molar refractivity (Wildman–Crippen MR) is 121 cm³/mol. The number of aromatic nitrogens is 2. The monoisotopic (exact) mass is 427 g/mol. The molecular formula is C25H21N3O4. The second kappa shape index (κ2) is 6.17. The van der Waals surface area contributed by atoms with Crippen LogP contribution in [0.4, 0.5) is 5.69 Å². The van der Waals surface area contributed by atoms with Crippen LogP contribution in [-0.2, 0) is 28.3 Å². The van der Waals surface area contributed by atoms with Crippen LogP contribution in [0.3, 0.4) is 0 Å². The maximum absolute atomic E-state index is 13.4. The van der Waals surface area contributed by atoms with Gasteiger partial charge in [0, 0.05) is 22.2 Å². The lowest BCUT2D eigenvalue weighted by Crippen LogP contribution is -2.44. The summed E-state index contributed by atoms with van der Waals surface area (Å²) >= 11 is 0. The second-order valence-electron chi connectivity index (χ2n) is 8.61. The standard InChI is InChI=1S/C25H21N3O4/c1-3-25(31)18-9-20-22-16(10-28(20)23(29)17(18)11-32-24(25)30)12(2)21-15-8-14(26)6-4-13(15)5-7-19(21)27-22/h4-9,31H,3,10-11,26H2,1-2H3/t25-/m0/s1. The Labute approximate surface area is 183 Å². The first-order chi connectivity index (χ1) is 15.3. The van der Waals surface area contributed by atoms with Gasteiger partial charge >= 0.3 is 5.97 Å². The number of cyclic esters (lactones) is 1. The fourth-order valence-corrected chi connectivity index (χ4v) is 5.15. The van der Waals surface area contributed by atoms with Gasteiger partial charge in [-0.1, -0.05) is 19.1 Å². The molecule has 4 aromatic rings. The Morgan fingerprint density at radius 2 is 1.97 bits per heavy atom. The highest BCUT2D eigenvalue weighted by Crippen LogP contribution is 2.41. The minimum atomic E-state index is -1.83. The van der Waals surface area contributed by atoms with E-state index in [1.807, 2.05) is 37.3 Å². The number of nitrogens with two attached hydrogens (primary N) is 1. The van der Waals surface area contributed by atoms with E-state index in [2.05, 4.69) is 0 Å². The maximum atomic E-state index is 13.4. The molecule has 2 aliphatic rings. The smallest absolute Gasteiger partial charge is 0.343 e. The number of benzene rings is 2. The molecule has 0 amide bonds. The minimum Gasteiger partial charge on any atom is -0.458 e. The van der Waals surface area contributed by atoms with Gasteiger partial charge in [0.05, 0.1) is 29.0 Å². The number of aliphatic hydroxyl groups is 1. The van der Waals surface area contributed by atoms with Crippen LogP contribution in [0.5, 0.6) is 0 Å². The molecule has 0 fully saturated rings. The molecule has 0 aliphatic carbocycles. The molecule has 32 heavy (non-hydrogen) atoms. The number of esters is 1. The van der Waals surface area contributed by atoms with Gasteiger partial charge in [0.1, 0.15) is 6.61 Å². The quantitative estimate of drug-likeness (QED) is 0.242. The van der Waals surface area contributed by atoms with E-state index in [-0.39, 0.29) is 18.6 Å². The lowest BCUT2D eigenvalue weighted by atomic mass is 9.86. The lowest BCUT2D eigenvalue weighted by Gasteiger charge is -2.31. The number of nitrogens with zero attached hydrogens (tertiary/aromatic N) is 2. The van der Waals surface area contributed by atoms with Gasteiger partial charge < -0.3 is 20.1 Å². The van der Waals surface area contributed by atoms with E-state index in [0.29, 0.717) is 34.7 Å². The molecule has 6 rings (SSSR count). The van der Waals surface area contributed by atoms with Crippen LogP contribution >= 0.6 is 0 Å². The number of hydrogen-bond acceptors (Lipinski definition) is 6. The predicted octanol–water partition coefficient (Wildman–Crippen LogP) is 3.12. The maximum Gasteiger partial charge on any atom is 0.343 e. The van der Waals surface area contributed by atoms with Gasteiger partial charge in [0.2, 0.25) is 0 Å². The molecule has 4 heterocycles. The molecule has 160 valence electrons. The van der Waals surface area contributed by atoms with Crippen molar-refractivity contribution in [2.24, 2.45) is 0 Å². The zero-order valence-electron chi connectivity index (χ0n) is 17.7. The highest BCUT2D eigenvalue weighted by molar-refractivity contribution is 6.10. The van der Waals surface area contributed by atoms with Crippen LogP contribution in [0.1, 0.15) is 35.6 Å². The van der Waals surface area contributed by atoms with Crippen LogP contribution in [0, 0.1) is 6.92 Å². The normalized spacial score (nSPS) is 19.0. The summed E-state index contributed by atoms with van der Waals surface area (Å²) in [6.45, 7) is 3.98. The molecule has 2 aromatic carbocycles. The first kappa shape index (κ1) is 19.0. The van der Waals surface area contributed by atoms with Gasteiger partial charge in [-0.15, -0.1) is 0 Å². The van der Waals surface area contributed by atoms with Gasteiger partial charge in [0.15, 0.2) is 5.60 Å². The third-order valence-corrected chi connectivity index (χ3v) is 6.97. The highest BCUT2D eigenvalue weighted by atomic mass is 16.6. The molecule has 2 aromatic heterocycles. The number of nitrogen functional groups attached to an aromatic ring is 1. The van der Waals surface area contributed by atoms with Gasteiger partial charge in [-0.3, -0.25) is 4.79 Å². The Hall–Kier alpha value is -3.71. The van der Waals surface area contributed by atoms with Crippen molar-refractivity contribution < 1.29 is 14.6 Å². The number of ether oxygens (including phenoxy) is 1. The van der Waals surface area contributed by atoms with Crippen LogP contribution in [0.2, 0.25) is 0 Å². The van der Waals surface area contributed by atoms with Crippen LogP contribution in [-0.4, -0.2) is 20.6 Å². The van der Waals surface area contributed by atoms with Gasteiger partial charge in [0.25, 0.3) is 5.56 Å². The molecule has 7 heteroatoms. The van der Waals surface area contributed by atoms with Crippen molar-refractivity contribution in [2.45, 2.75) is 39.0 Å². The molecule has 3 N–H and O–H groups in total. The average Bonchev–Trinajstić information content (AvgIpc) is 3.16. The van der Waals surface area contributed by atoms with Gasteiger partial charge in [-0.05, 0) is 53.9 Å². The van der Waals surface area contributed by atoms with E-state index in [1.165, 1.54) is 0 Å². The third kappa shape index (κ3) is 2.26. The zero-order valence-corrected chi connectivity index (χ0v) is 17.7. The molecular weight excluding hydrogens is 406 g/mol. The summed E-state index contributed by atoms with van der Waals surface area (Å²) in [6.07, 6.45) is 0.117. The Bertz CT molecular complexity index is 1570. The summed E-state index contributed by atoms with van der Waals surface area (Å²) in [4.78, 5) is 30.6. The van der Waals surface area contributed by atoms with Crippen molar-refractivity contribution >= 4 is 33.3 Å². The number of fused-ring (bicyclic) bond motifs is 7. The molecule has 0 saturated carbocycles. The topological polar surface area (TPSA) is 107 Å². The van der Waals surface area contributed by atoms with Crippen LogP contribution < -0.4 is 11.3 Å². The first-order valence-corrected chi connectivity index (χ1v) is 10.6. The Balaban J connectivity index is 1.67. The third-order valence-electron chi connectivity index (χ3n) is 6.97. The van der Waals surface area contributed by atoms with E-state index in [0.717, 1.165) is 32.8 Å². The first-order valence-electron chi connectivity index (χ1n) is 10.6. The average molecular weight is 427 g/mol. The van der Waals surface area contributed by atoms with Crippen molar-refractivity contribution in [1.82, 2.24) is 9.55 Å². The number of carbonyl (C=O) groups excluding carboxylic acids is 1. The minimum absolute atomic E-state index is 0.117. The lowest BCUT2D eigenvalue weighted by molar-refractivity contribution is -0.172. The summed E-state index contributed by atoms with van der Waals surface area (Å²) in [5, 5.41) is 14.1. The number of pyridine rings is 2. The van der Waals surface area contributed by atoms with Crippen LogP contribution in [0.25, 0.3) is 33.1 Å². The number of anilines is 1. The van der Waals surface area contributed by atoms with Crippen molar-refractivity contribution in [3.63, 3.8) is 0 Å². The van der Waals surface area contributed by atoms with Crippen molar-refractivity contribution in [1.29, 1.82) is 0 Å². The molecule has 1 atom stereocenters. The Morgan fingerprint density at radius 3 is 2.75 bits per heavy atom. The number of rotatable bonds is 1. The van der Waals surface area contributed by atoms with E-state index in [4.69, 9.17) is 15.5 Å². The van der Waals surface area contributed by atoms with E-state index < -0.39 is 11.6 Å². The summed E-state index contributed by atoms with van der Waals surface area (Å²) < 4.78 is 6.81. The van der Waals surface area contributed by atoms with Crippen molar-refractivity contribution in [2.75, 3.05) is 5.73 Å². The van der Waals surface area contributed by atoms with E-state index >= 15 is 0 Å². The molecule has 7 nitrogen and oxygen atoms in total.